The van der Waals surface area contributed by atoms with Crippen molar-refractivity contribution in [2.75, 3.05) is 10.0 Å². The second-order valence-electron chi connectivity index (χ2n) is 4.85. The van der Waals surface area contributed by atoms with Crippen LogP contribution in [0, 0.1) is 0 Å². The summed E-state index contributed by atoms with van der Waals surface area (Å²) in [6.45, 7) is 1.38. The molecule has 3 rings (SSSR count). The van der Waals surface area contributed by atoms with E-state index >= 15 is 0 Å². The van der Waals surface area contributed by atoms with E-state index in [1.165, 1.54) is 31.5 Å². The minimum atomic E-state index is -3.78. The number of amides is 1. The van der Waals surface area contributed by atoms with E-state index in [2.05, 4.69) is 15.0 Å². The first-order valence-corrected chi connectivity index (χ1v) is 8.16. The van der Waals surface area contributed by atoms with Crippen LogP contribution in [-0.4, -0.2) is 19.3 Å². The number of aromatic nitrogens is 1. The summed E-state index contributed by atoms with van der Waals surface area (Å²) < 4.78 is 32.5. The number of carbonyl (C=O) groups is 1. The highest BCUT2D eigenvalue weighted by Gasteiger charge is 2.16. The molecule has 1 amide bonds. The summed E-state index contributed by atoms with van der Waals surface area (Å²) in [6, 6.07) is 10.9. The van der Waals surface area contributed by atoms with Gasteiger partial charge < -0.3 is 9.73 Å². The molecule has 0 unspecified atom stereocenters. The third-order valence-corrected chi connectivity index (χ3v) is 4.43. The Morgan fingerprint density at radius 2 is 1.91 bits per heavy atom. The van der Waals surface area contributed by atoms with Crippen LogP contribution in [0.3, 0.4) is 0 Å². The lowest BCUT2D eigenvalue weighted by molar-refractivity contribution is -0.114. The Morgan fingerprint density at radius 3 is 2.70 bits per heavy atom. The minimum Gasteiger partial charge on any atom is -0.443 e. The number of anilines is 2. The van der Waals surface area contributed by atoms with Crippen LogP contribution in [0.2, 0.25) is 0 Å². The normalized spacial score (nSPS) is 11.3. The predicted octanol–water partition coefficient (Wildman–Crippen LogP) is 2.59. The molecule has 1 heterocycles. The first-order chi connectivity index (χ1) is 10.9. The number of rotatable bonds is 4. The average Bonchev–Trinajstić information content (AvgIpc) is 2.93. The zero-order valence-corrected chi connectivity index (χ0v) is 12.9. The van der Waals surface area contributed by atoms with Gasteiger partial charge in [-0.15, -0.1) is 0 Å². The highest BCUT2D eigenvalue weighted by Crippen LogP contribution is 2.22. The second-order valence-corrected chi connectivity index (χ2v) is 6.53. The summed E-state index contributed by atoms with van der Waals surface area (Å²) in [7, 11) is -3.78. The van der Waals surface area contributed by atoms with Crippen LogP contribution in [0.5, 0.6) is 0 Å². The van der Waals surface area contributed by atoms with Crippen LogP contribution in [-0.2, 0) is 14.8 Å². The quantitative estimate of drug-likeness (QED) is 0.765. The Balaban J connectivity index is 1.89. The molecular formula is C15H13N3O4S. The van der Waals surface area contributed by atoms with Gasteiger partial charge in [0.25, 0.3) is 10.0 Å². The maximum atomic E-state index is 12.4. The molecule has 1 aromatic heterocycles. The highest BCUT2D eigenvalue weighted by molar-refractivity contribution is 7.92. The van der Waals surface area contributed by atoms with Gasteiger partial charge in [0.15, 0.2) is 12.0 Å². The third-order valence-electron chi connectivity index (χ3n) is 3.05. The van der Waals surface area contributed by atoms with E-state index < -0.39 is 10.0 Å². The molecule has 7 nitrogen and oxygen atoms in total. The fourth-order valence-electron chi connectivity index (χ4n) is 2.08. The fourth-order valence-corrected chi connectivity index (χ4v) is 3.14. The molecule has 3 aromatic rings. The summed E-state index contributed by atoms with van der Waals surface area (Å²) >= 11 is 0. The Hall–Kier alpha value is -2.87. The molecule has 23 heavy (non-hydrogen) atoms. The minimum absolute atomic E-state index is 0.0617. The molecule has 0 radical (unpaired) electrons. The van der Waals surface area contributed by atoms with Crippen molar-refractivity contribution in [2.45, 2.75) is 11.8 Å². The number of hydrogen-bond acceptors (Lipinski definition) is 5. The molecule has 0 aliphatic rings. The van der Waals surface area contributed by atoms with Crippen molar-refractivity contribution in [2.24, 2.45) is 0 Å². The molecule has 2 N–H and O–H groups in total. The Labute approximate surface area is 132 Å². The topological polar surface area (TPSA) is 101 Å². The molecule has 0 fully saturated rings. The number of sulfonamides is 1. The Bertz CT molecular complexity index is 979. The van der Waals surface area contributed by atoms with Gasteiger partial charge in [0.05, 0.1) is 10.6 Å². The van der Waals surface area contributed by atoms with Gasteiger partial charge in [0.2, 0.25) is 5.91 Å². The molecule has 8 heteroatoms. The average molecular weight is 331 g/mol. The summed E-state index contributed by atoms with van der Waals surface area (Å²) in [5, 5.41) is 2.59. The summed E-state index contributed by atoms with van der Waals surface area (Å²) in [6.07, 6.45) is 1.26. The van der Waals surface area contributed by atoms with Gasteiger partial charge in [-0.2, -0.15) is 0 Å². The van der Waals surface area contributed by atoms with Gasteiger partial charge in [-0.3, -0.25) is 9.52 Å². The summed E-state index contributed by atoms with van der Waals surface area (Å²) in [4.78, 5) is 15.1. The predicted molar refractivity (Wildman–Crippen MR) is 85.6 cm³/mol. The molecule has 0 spiro atoms. The summed E-state index contributed by atoms with van der Waals surface area (Å²) in [5.74, 6) is -0.235. The number of benzene rings is 2. The van der Waals surface area contributed by atoms with E-state index in [0.29, 0.717) is 22.5 Å². The van der Waals surface area contributed by atoms with E-state index in [9.17, 15) is 13.2 Å². The van der Waals surface area contributed by atoms with E-state index in [0.717, 1.165) is 0 Å². The second kappa shape index (κ2) is 5.73. The largest absolute Gasteiger partial charge is 0.443 e. The first kappa shape index (κ1) is 15.0. The van der Waals surface area contributed by atoms with Gasteiger partial charge in [-0.1, -0.05) is 6.07 Å². The van der Waals surface area contributed by atoms with Crippen LogP contribution in [0.15, 0.2) is 58.2 Å². The van der Waals surface area contributed by atoms with Gasteiger partial charge in [0, 0.05) is 18.7 Å². The van der Waals surface area contributed by atoms with Crippen LogP contribution in [0.1, 0.15) is 6.92 Å². The zero-order valence-electron chi connectivity index (χ0n) is 12.1. The molecule has 0 saturated heterocycles. The summed E-state index contributed by atoms with van der Waals surface area (Å²) in [5.41, 5.74) is 1.81. The van der Waals surface area contributed by atoms with Crippen LogP contribution < -0.4 is 10.0 Å². The van der Waals surface area contributed by atoms with E-state index in [4.69, 9.17) is 4.42 Å². The zero-order chi connectivity index (χ0) is 16.4. The molecule has 0 bridgehead atoms. The number of oxazole rings is 1. The number of hydrogen-bond donors (Lipinski definition) is 2. The number of nitrogens with one attached hydrogen (secondary N) is 2. The van der Waals surface area contributed by atoms with E-state index in [1.54, 1.807) is 24.3 Å². The van der Waals surface area contributed by atoms with Crippen molar-refractivity contribution in [3.8, 4) is 0 Å². The van der Waals surface area contributed by atoms with Crippen LogP contribution >= 0.6 is 0 Å². The van der Waals surface area contributed by atoms with E-state index in [-0.39, 0.29) is 10.8 Å². The fraction of sp³-hybridized carbons (Fsp3) is 0.0667. The monoisotopic (exact) mass is 331 g/mol. The molecular weight excluding hydrogens is 318 g/mol. The van der Waals surface area contributed by atoms with Gasteiger partial charge >= 0.3 is 0 Å². The van der Waals surface area contributed by atoms with Gasteiger partial charge in [-0.25, -0.2) is 13.4 Å². The molecule has 2 aromatic carbocycles. The number of fused-ring (bicyclic) bond motifs is 1. The maximum absolute atomic E-state index is 12.4. The molecule has 0 aliphatic carbocycles. The van der Waals surface area contributed by atoms with E-state index in [1.807, 2.05) is 0 Å². The maximum Gasteiger partial charge on any atom is 0.262 e. The van der Waals surface area contributed by atoms with Crippen molar-refractivity contribution in [1.82, 2.24) is 4.98 Å². The van der Waals surface area contributed by atoms with Crippen LogP contribution in [0.25, 0.3) is 11.1 Å². The number of nitrogens with zero attached hydrogens (tertiary/aromatic N) is 1. The third kappa shape index (κ3) is 3.32. The SMILES string of the molecule is CC(=O)Nc1cccc(NS(=O)(=O)c2ccc3ncoc3c2)c1. The highest BCUT2D eigenvalue weighted by atomic mass is 32.2. The lowest BCUT2D eigenvalue weighted by atomic mass is 10.3. The van der Waals surface area contributed by atoms with Crippen molar-refractivity contribution in [1.29, 1.82) is 0 Å². The van der Waals surface area contributed by atoms with Crippen LogP contribution in [0.4, 0.5) is 11.4 Å². The smallest absolute Gasteiger partial charge is 0.262 e. The van der Waals surface area contributed by atoms with Crippen molar-refractivity contribution < 1.29 is 17.6 Å². The van der Waals surface area contributed by atoms with Crippen molar-refractivity contribution >= 4 is 38.4 Å². The Morgan fingerprint density at radius 1 is 1.13 bits per heavy atom. The number of carbonyl (C=O) groups excluding carboxylic acids is 1. The lowest BCUT2D eigenvalue weighted by Crippen LogP contribution is -2.13. The lowest BCUT2D eigenvalue weighted by Gasteiger charge is -2.09. The molecule has 0 atom stereocenters. The molecule has 0 aliphatic heterocycles. The van der Waals surface area contributed by atoms with Crippen molar-refractivity contribution in [3.05, 3.63) is 48.9 Å². The molecule has 118 valence electrons. The first-order valence-electron chi connectivity index (χ1n) is 6.68. The molecule has 0 saturated carbocycles. The standard InChI is InChI=1S/C15H13N3O4S/c1-10(19)17-11-3-2-4-12(7-11)18-23(20,21)13-5-6-14-15(8-13)22-9-16-14/h2-9,18H,1H3,(H,17,19). The van der Waals surface area contributed by atoms with Crippen molar-refractivity contribution in [3.63, 3.8) is 0 Å². The Kier molecular flexibility index (Phi) is 3.75. The van der Waals surface area contributed by atoms with Gasteiger partial charge in [0.1, 0.15) is 5.52 Å². The van der Waals surface area contributed by atoms with Gasteiger partial charge in [-0.05, 0) is 30.3 Å².